The summed E-state index contributed by atoms with van der Waals surface area (Å²) in [6, 6.07) is 9.70. The van der Waals surface area contributed by atoms with Gasteiger partial charge >= 0.3 is 6.36 Å². The minimum Gasteiger partial charge on any atom is -0.406 e. The molecule has 0 aliphatic carbocycles. The Morgan fingerprint density at radius 2 is 2.03 bits per heavy atom. The molecule has 0 fully saturated rings. The summed E-state index contributed by atoms with van der Waals surface area (Å²) < 4.78 is 44.6. The average molecular weight is 451 g/mol. The molecule has 3 aromatic rings. The standard InChI is InChI=1S/C20H16F3N3O2S2/c1-3-26-16(10-12-6-4-5-9-24-12)30-17(18(26)27)19-25(2)14-8-7-13(11-15(14)29-19)28-20(21,22)23/h4-11H,3H2,1-2H3/b16-10-,19-17+. The first-order chi connectivity index (χ1) is 14.3. The maximum absolute atomic E-state index is 13.0. The number of anilines is 1. The lowest BCUT2D eigenvalue weighted by Crippen LogP contribution is -2.33. The zero-order chi connectivity index (χ0) is 21.5. The molecule has 0 saturated carbocycles. The van der Waals surface area contributed by atoms with E-state index in [1.807, 2.05) is 36.1 Å². The van der Waals surface area contributed by atoms with Crippen molar-refractivity contribution >= 4 is 39.9 Å². The number of nitrogens with zero attached hydrogens (tertiary/aromatic N) is 3. The van der Waals surface area contributed by atoms with Gasteiger partial charge in [-0.1, -0.05) is 17.8 Å². The minimum atomic E-state index is -4.76. The van der Waals surface area contributed by atoms with E-state index in [0.717, 1.165) is 16.0 Å². The Bertz CT molecular complexity index is 1270. The predicted molar refractivity (Wildman–Crippen MR) is 112 cm³/mol. The third-order valence-corrected chi connectivity index (χ3v) is 6.89. The first-order valence-corrected chi connectivity index (χ1v) is 10.6. The third-order valence-electron chi connectivity index (χ3n) is 4.42. The number of thiazole rings is 1. The van der Waals surface area contributed by atoms with Crippen molar-refractivity contribution in [2.45, 2.75) is 24.7 Å². The number of pyridine rings is 1. The Hall–Kier alpha value is -2.72. The van der Waals surface area contributed by atoms with Gasteiger partial charge < -0.3 is 9.64 Å². The SMILES string of the molecule is CCn1c(=O)/c(=C2\Sc3cc(OC(F)(F)F)ccc3N2C)s/c1=C\c1ccccn1. The van der Waals surface area contributed by atoms with E-state index in [4.69, 9.17) is 0 Å². The molecule has 0 N–H and O–H groups in total. The number of ether oxygens (including phenoxy) is 1. The molecule has 1 aliphatic heterocycles. The van der Waals surface area contributed by atoms with Gasteiger partial charge in [-0.05, 0) is 43.3 Å². The van der Waals surface area contributed by atoms with Gasteiger partial charge in [0.2, 0.25) is 0 Å². The van der Waals surface area contributed by atoms with Crippen molar-refractivity contribution in [2.24, 2.45) is 0 Å². The zero-order valence-corrected chi connectivity index (χ0v) is 17.6. The van der Waals surface area contributed by atoms with Crippen LogP contribution in [0.5, 0.6) is 5.75 Å². The monoisotopic (exact) mass is 451 g/mol. The summed E-state index contributed by atoms with van der Waals surface area (Å²) in [4.78, 5) is 19.7. The van der Waals surface area contributed by atoms with Gasteiger partial charge in [-0.15, -0.1) is 24.5 Å². The molecule has 0 spiro atoms. The highest BCUT2D eigenvalue weighted by Crippen LogP contribution is 2.47. The van der Waals surface area contributed by atoms with Gasteiger partial charge in [0.15, 0.2) is 0 Å². The predicted octanol–water partition coefficient (Wildman–Crippen LogP) is 3.36. The molecule has 0 saturated heterocycles. The number of benzene rings is 1. The summed E-state index contributed by atoms with van der Waals surface area (Å²) >= 11 is 2.59. The fourth-order valence-electron chi connectivity index (χ4n) is 3.09. The number of hydrogen-bond acceptors (Lipinski definition) is 6. The summed E-state index contributed by atoms with van der Waals surface area (Å²) in [6.45, 7) is 2.38. The molecule has 0 radical (unpaired) electrons. The lowest BCUT2D eigenvalue weighted by Gasteiger charge is -2.13. The summed E-state index contributed by atoms with van der Waals surface area (Å²) in [5.41, 5.74) is 1.32. The summed E-state index contributed by atoms with van der Waals surface area (Å²) in [6.07, 6.45) is -1.22. The molecule has 0 atom stereocenters. The maximum Gasteiger partial charge on any atom is 0.573 e. The van der Waals surface area contributed by atoms with Crippen LogP contribution in [0.25, 0.3) is 11.1 Å². The van der Waals surface area contributed by atoms with Crippen molar-refractivity contribution in [1.82, 2.24) is 9.55 Å². The minimum absolute atomic E-state index is 0.140. The van der Waals surface area contributed by atoms with Crippen molar-refractivity contribution in [1.29, 1.82) is 0 Å². The lowest BCUT2D eigenvalue weighted by molar-refractivity contribution is -0.274. The molecule has 4 rings (SSSR count). The first kappa shape index (κ1) is 20.5. The van der Waals surface area contributed by atoms with Crippen LogP contribution in [0.15, 0.2) is 52.3 Å². The Morgan fingerprint density at radius 3 is 2.70 bits per heavy atom. The molecule has 10 heteroatoms. The van der Waals surface area contributed by atoms with Gasteiger partial charge in [0.1, 0.15) is 20.0 Å². The van der Waals surface area contributed by atoms with Crippen molar-refractivity contribution in [3.8, 4) is 5.75 Å². The number of rotatable bonds is 3. The van der Waals surface area contributed by atoms with Gasteiger partial charge in [0, 0.05) is 24.7 Å². The largest absolute Gasteiger partial charge is 0.573 e. The molecule has 3 heterocycles. The number of aromatic nitrogens is 2. The Kier molecular flexibility index (Phi) is 5.37. The molecule has 1 aromatic carbocycles. The fourth-order valence-corrected chi connectivity index (χ4v) is 5.58. The van der Waals surface area contributed by atoms with E-state index in [1.165, 1.54) is 35.2 Å². The second kappa shape index (κ2) is 7.84. The molecule has 30 heavy (non-hydrogen) atoms. The van der Waals surface area contributed by atoms with Crippen molar-refractivity contribution in [2.75, 3.05) is 11.9 Å². The molecule has 0 amide bonds. The van der Waals surface area contributed by atoms with E-state index in [1.54, 1.807) is 23.9 Å². The van der Waals surface area contributed by atoms with Gasteiger partial charge in [-0.25, -0.2) is 0 Å². The van der Waals surface area contributed by atoms with E-state index >= 15 is 0 Å². The van der Waals surface area contributed by atoms with Crippen LogP contribution in [0, 0.1) is 0 Å². The van der Waals surface area contributed by atoms with Gasteiger partial charge in [-0.2, -0.15) is 0 Å². The number of halogens is 3. The third kappa shape index (κ3) is 3.97. The normalized spacial score (nSPS) is 16.2. The Balaban J connectivity index is 1.82. The van der Waals surface area contributed by atoms with Crippen LogP contribution in [0.4, 0.5) is 18.9 Å². The fraction of sp³-hybridized carbons (Fsp3) is 0.200. The second-order valence-electron chi connectivity index (χ2n) is 6.36. The molecule has 1 aliphatic rings. The summed E-state index contributed by atoms with van der Waals surface area (Å²) in [5.74, 6) is -0.287. The first-order valence-electron chi connectivity index (χ1n) is 8.95. The smallest absolute Gasteiger partial charge is 0.406 e. The quantitative estimate of drug-likeness (QED) is 0.611. The highest BCUT2D eigenvalue weighted by Gasteiger charge is 2.32. The van der Waals surface area contributed by atoms with Gasteiger partial charge in [0.25, 0.3) is 5.56 Å². The Labute approximate surface area is 177 Å². The summed E-state index contributed by atoms with van der Waals surface area (Å²) in [7, 11) is 1.79. The van der Waals surface area contributed by atoms with Crippen molar-refractivity contribution in [3.05, 3.63) is 67.8 Å². The number of hydrogen-bond donors (Lipinski definition) is 0. The van der Waals surface area contributed by atoms with E-state index in [9.17, 15) is 18.0 Å². The number of thioether (sulfide) groups is 1. The van der Waals surface area contributed by atoms with E-state index in [0.29, 0.717) is 21.0 Å². The van der Waals surface area contributed by atoms with Crippen LogP contribution < -0.4 is 24.4 Å². The lowest BCUT2D eigenvalue weighted by atomic mass is 10.3. The second-order valence-corrected chi connectivity index (χ2v) is 8.42. The maximum atomic E-state index is 13.0. The van der Waals surface area contributed by atoms with E-state index < -0.39 is 6.36 Å². The number of fused-ring (bicyclic) bond motifs is 1. The molecule has 2 aromatic heterocycles. The molecule has 0 bridgehead atoms. The van der Waals surface area contributed by atoms with Crippen molar-refractivity contribution < 1.29 is 17.9 Å². The van der Waals surface area contributed by atoms with E-state index in [2.05, 4.69) is 9.72 Å². The zero-order valence-electron chi connectivity index (χ0n) is 15.9. The van der Waals surface area contributed by atoms with Crippen molar-refractivity contribution in [3.63, 3.8) is 0 Å². The van der Waals surface area contributed by atoms with Gasteiger partial charge in [-0.3, -0.25) is 14.3 Å². The highest BCUT2D eigenvalue weighted by atomic mass is 32.2. The number of alkyl halides is 3. The molecule has 5 nitrogen and oxygen atoms in total. The molecular formula is C20H16F3N3O2S2. The van der Waals surface area contributed by atoms with E-state index in [-0.39, 0.29) is 11.3 Å². The highest BCUT2D eigenvalue weighted by molar-refractivity contribution is 8.08. The van der Waals surface area contributed by atoms with Crippen LogP contribution in [0.2, 0.25) is 0 Å². The topological polar surface area (TPSA) is 47.4 Å². The van der Waals surface area contributed by atoms with Crippen LogP contribution >= 0.6 is 23.1 Å². The summed E-state index contributed by atoms with van der Waals surface area (Å²) in [5, 5.41) is 0.673. The van der Waals surface area contributed by atoms with Crippen LogP contribution in [0.1, 0.15) is 12.6 Å². The Morgan fingerprint density at radius 1 is 1.23 bits per heavy atom. The molecular weight excluding hydrogens is 435 g/mol. The average Bonchev–Trinajstić information content (AvgIpc) is 3.17. The van der Waals surface area contributed by atoms with Crippen LogP contribution in [0.3, 0.4) is 0 Å². The molecule has 0 unspecified atom stereocenters. The van der Waals surface area contributed by atoms with Crippen LogP contribution in [-0.2, 0) is 6.54 Å². The van der Waals surface area contributed by atoms with Crippen LogP contribution in [-0.4, -0.2) is 23.0 Å². The molecule has 156 valence electrons. The van der Waals surface area contributed by atoms with Gasteiger partial charge in [0.05, 0.1) is 11.4 Å².